The number of likely N-dealkylation sites (N-methyl/N-ethyl adjacent to an activating group) is 1. The van der Waals surface area contributed by atoms with Gasteiger partial charge in [-0.2, -0.15) is 0 Å². The van der Waals surface area contributed by atoms with Crippen LogP contribution in [0.15, 0.2) is 42.6 Å². The largest absolute Gasteiger partial charge is 0.476 e. The van der Waals surface area contributed by atoms with E-state index in [1.807, 2.05) is 34.9 Å². The lowest BCUT2D eigenvalue weighted by Gasteiger charge is -2.30. The summed E-state index contributed by atoms with van der Waals surface area (Å²) in [6.45, 7) is 4.30. The smallest absolute Gasteiger partial charge is 0.356 e. The van der Waals surface area contributed by atoms with Gasteiger partial charge in [-0.15, -0.1) is 0 Å². The maximum Gasteiger partial charge on any atom is 0.356 e. The van der Waals surface area contributed by atoms with Crippen LogP contribution >= 0.6 is 0 Å². The van der Waals surface area contributed by atoms with Crippen molar-refractivity contribution in [3.05, 3.63) is 59.5 Å². The van der Waals surface area contributed by atoms with Crippen LogP contribution in [-0.4, -0.2) is 52.1 Å². The predicted molar refractivity (Wildman–Crippen MR) is 98.5 cm³/mol. The molecule has 0 radical (unpaired) electrons. The zero-order chi connectivity index (χ0) is 18.3. The molecule has 1 atom stereocenters. The Kier molecular flexibility index (Phi) is 4.22. The summed E-state index contributed by atoms with van der Waals surface area (Å²) < 4.78 is 7.76. The second-order valence-electron chi connectivity index (χ2n) is 6.71. The van der Waals surface area contributed by atoms with Crippen molar-refractivity contribution in [3.63, 3.8) is 0 Å². The lowest BCUT2D eigenvalue weighted by atomic mass is 10.0. The number of rotatable bonds is 3. The Bertz CT molecular complexity index is 980. The average Bonchev–Trinajstić information content (AvgIpc) is 2.99. The number of fused-ring (bicyclic) bond motifs is 1. The zero-order valence-corrected chi connectivity index (χ0v) is 14.8. The first kappa shape index (κ1) is 16.8. The molecule has 0 saturated carbocycles. The van der Waals surface area contributed by atoms with Crippen LogP contribution in [0.2, 0.25) is 0 Å². The van der Waals surface area contributed by atoms with E-state index in [4.69, 9.17) is 4.74 Å². The van der Waals surface area contributed by atoms with Crippen molar-refractivity contribution >= 4 is 11.6 Å². The summed E-state index contributed by atoms with van der Waals surface area (Å²) in [5.41, 5.74) is 4.41. The van der Waals surface area contributed by atoms with E-state index >= 15 is 0 Å². The van der Waals surface area contributed by atoms with E-state index in [-0.39, 0.29) is 11.8 Å². The molecule has 0 spiro atoms. The maximum atomic E-state index is 11.4. The summed E-state index contributed by atoms with van der Waals surface area (Å²) in [6.07, 6.45) is 1.89. The van der Waals surface area contributed by atoms with E-state index in [0.29, 0.717) is 11.3 Å². The highest BCUT2D eigenvalue weighted by Crippen LogP contribution is 2.30. The number of carboxylic acids is 1. The molecular formula is C20H21N3O3. The topological polar surface area (TPSA) is 67.1 Å². The van der Waals surface area contributed by atoms with Crippen molar-refractivity contribution in [1.82, 2.24) is 14.3 Å². The monoisotopic (exact) mass is 351 g/mol. The van der Waals surface area contributed by atoms with Gasteiger partial charge in [-0.05, 0) is 43.3 Å². The minimum Gasteiger partial charge on any atom is -0.476 e. The van der Waals surface area contributed by atoms with Crippen LogP contribution in [-0.2, 0) is 4.74 Å². The molecule has 134 valence electrons. The normalized spacial score (nSPS) is 18.3. The summed E-state index contributed by atoms with van der Waals surface area (Å²) in [6, 6.07) is 12.1. The molecule has 0 bridgehead atoms. The summed E-state index contributed by atoms with van der Waals surface area (Å²) in [7, 11) is 2.10. The number of morpholine rings is 1. The summed E-state index contributed by atoms with van der Waals surface area (Å²) in [4.78, 5) is 18.1. The molecule has 4 rings (SSSR count). The number of carboxylic acid groups (broad SMARTS) is 1. The number of nitrogens with zero attached hydrogens (tertiary/aromatic N) is 3. The lowest BCUT2D eigenvalue weighted by Crippen LogP contribution is -2.35. The number of benzene rings is 1. The number of hydrogen-bond donors (Lipinski definition) is 1. The summed E-state index contributed by atoms with van der Waals surface area (Å²) in [5.74, 6) is -1.01. The second kappa shape index (κ2) is 6.55. The van der Waals surface area contributed by atoms with Crippen molar-refractivity contribution in [2.75, 3.05) is 26.7 Å². The third-order valence-corrected chi connectivity index (χ3v) is 4.93. The van der Waals surface area contributed by atoms with Crippen LogP contribution in [0.5, 0.6) is 0 Å². The molecule has 3 heterocycles. The van der Waals surface area contributed by atoms with Gasteiger partial charge in [-0.1, -0.05) is 18.2 Å². The standard InChI is InChI=1S/C20H21N3O3/c1-13-18(20(24)25)21-19-16(7-4-8-23(13)19)14-5-3-6-15(11-14)17-12-22(2)9-10-26-17/h3-8,11,17H,9-10,12H2,1-2H3,(H,24,25). The van der Waals surface area contributed by atoms with Gasteiger partial charge in [0.1, 0.15) is 5.65 Å². The fourth-order valence-electron chi connectivity index (χ4n) is 3.50. The Labute approximate surface area is 151 Å². The van der Waals surface area contributed by atoms with Crippen molar-refractivity contribution in [1.29, 1.82) is 0 Å². The highest BCUT2D eigenvalue weighted by atomic mass is 16.5. The Morgan fingerprint density at radius 1 is 1.31 bits per heavy atom. The van der Waals surface area contributed by atoms with Gasteiger partial charge in [0.2, 0.25) is 0 Å². The Morgan fingerprint density at radius 2 is 2.15 bits per heavy atom. The van der Waals surface area contributed by atoms with Gasteiger partial charge in [-0.3, -0.25) is 0 Å². The highest BCUT2D eigenvalue weighted by molar-refractivity contribution is 5.90. The zero-order valence-electron chi connectivity index (χ0n) is 14.8. The number of aromatic nitrogens is 2. The Morgan fingerprint density at radius 3 is 2.92 bits per heavy atom. The van der Waals surface area contributed by atoms with Crippen LogP contribution in [0.1, 0.15) is 27.8 Å². The number of ether oxygens (including phenoxy) is 1. The van der Waals surface area contributed by atoms with Crippen LogP contribution in [0, 0.1) is 6.92 Å². The summed E-state index contributed by atoms with van der Waals surface area (Å²) in [5, 5.41) is 9.37. The van der Waals surface area contributed by atoms with E-state index in [1.54, 1.807) is 6.92 Å². The first-order valence-corrected chi connectivity index (χ1v) is 8.66. The molecule has 1 N–H and O–H groups in total. The van der Waals surface area contributed by atoms with E-state index in [1.165, 1.54) is 0 Å². The molecule has 1 aliphatic rings. The number of imidazole rings is 1. The molecule has 6 nitrogen and oxygen atoms in total. The predicted octanol–water partition coefficient (Wildman–Crippen LogP) is 3.01. The molecular weight excluding hydrogens is 330 g/mol. The van der Waals surface area contributed by atoms with Crippen molar-refractivity contribution in [3.8, 4) is 11.1 Å². The molecule has 0 amide bonds. The molecule has 3 aromatic rings. The van der Waals surface area contributed by atoms with E-state index < -0.39 is 5.97 Å². The number of pyridine rings is 1. The second-order valence-corrected chi connectivity index (χ2v) is 6.71. The van der Waals surface area contributed by atoms with E-state index in [0.717, 1.165) is 36.4 Å². The van der Waals surface area contributed by atoms with Gasteiger partial charge in [0.15, 0.2) is 5.69 Å². The van der Waals surface area contributed by atoms with Crippen molar-refractivity contribution in [2.24, 2.45) is 0 Å². The average molecular weight is 351 g/mol. The van der Waals surface area contributed by atoms with Crippen LogP contribution in [0.25, 0.3) is 16.8 Å². The molecule has 0 aliphatic carbocycles. The molecule has 6 heteroatoms. The number of aromatic carboxylic acids is 1. The quantitative estimate of drug-likeness (QED) is 0.786. The third kappa shape index (κ3) is 2.87. The molecule has 1 fully saturated rings. The molecule has 1 saturated heterocycles. The fraction of sp³-hybridized carbons (Fsp3) is 0.300. The van der Waals surface area contributed by atoms with Crippen molar-refractivity contribution in [2.45, 2.75) is 13.0 Å². The third-order valence-electron chi connectivity index (χ3n) is 4.93. The molecule has 1 aliphatic heterocycles. The van der Waals surface area contributed by atoms with Crippen LogP contribution < -0.4 is 0 Å². The van der Waals surface area contributed by atoms with Gasteiger partial charge in [0.25, 0.3) is 0 Å². The first-order valence-electron chi connectivity index (χ1n) is 8.66. The van der Waals surface area contributed by atoms with Gasteiger partial charge >= 0.3 is 5.97 Å². The van der Waals surface area contributed by atoms with Gasteiger partial charge < -0.3 is 19.1 Å². The fourth-order valence-corrected chi connectivity index (χ4v) is 3.50. The van der Waals surface area contributed by atoms with Gasteiger partial charge in [0.05, 0.1) is 18.4 Å². The Balaban J connectivity index is 1.79. The highest BCUT2D eigenvalue weighted by Gasteiger charge is 2.21. The first-order chi connectivity index (χ1) is 12.5. The van der Waals surface area contributed by atoms with Crippen LogP contribution in [0.3, 0.4) is 0 Å². The van der Waals surface area contributed by atoms with E-state index in [9.17, 15) is 9.90 Å². The maximum absolute atomic E-state index is 11.4. The minimum atomic E-state index is -1.01. The Hall–Kier alpha value is -2.70. The number of hydrogen-bond acceptors (Lipinski definition) is 4. The number of carbonyl (C=O) groups is 1. The van der Waals surface area contributed by atoms with Gasteiger partial charge in [-0.25, -0.2) is 9.78 Å². The minimum absolute atomic E-state index is 0.0458. The number of aryl methyl sites for hydroxylation is 1. The SMILES string of the molecule is Cc1c(C(=O)O)nc2c(-c3cccc(C4CN(C)CCO4)c3)cccn12. The van der Waals surface area contributed by atoms with E-state index in [2.05, 4.69) is 29.1 Å². The van der Waals surface area contributed by atoms with Crippen LogP contribution in [0.4, 0.5) is 0 Å². The molecule has 1 aromatic carbocycles. The molecule has 1 unspecified atom stereocenters. The lowest BCUT2D eigenvalue weighted by molar-refractivity contribution is -0.0208. The van der Waals surface area contributed by atoms with Crippen molar-refractivity contribution < 1.29 is 14.6 Å². The molecule has 26 heavy (non-hydrogen) atoms. The summed E-state index contributed by atoms with van der Waals surface area (Å²) >= 11 is 0. The molecule has 2 aromatic heterocycles. The van der Waals surface area contributed by atoms with Gasteiger partial charge in [0, 0.05) is 24.8 Å².